The number of ether oxygens (including phenoxy) is 1. The lowest BCUT2D eigenvalue weighted by Crippen LogP contribution is -2.44. The van der Waals surface area contributed by atoms with Crippen LogP contribution in [0.3, 0.4) is 0 Å². The minimum atomic E-state index is -0.0588. The third-order valence-corrected chi connectivity index (χ3v) is 6.07. The monoisotopic (exact) mass is 434 g/mol. The number of hydrogen-bond donors (Lipinski definition) is 3. The van der Waals surface area contributed by atoms with Crippen molar-refractivity contribution in [1.29, 1.82) is 0 Å². The molecule has 1 aliphatic heterocycles. The van der Waals surface area contributed by atoms with Gasteiger partial charge in [0.05, 0.1) is 25.9 Å². The normalized spacial score (nSPS) is 16.2. The van der Waals surface area contributed by atoms with E-state index in [4.69, 9.17) is 4.74 Å². The van der Waals surface area contributed by atoms with Gasteiger partial charge in [0.15, 0.2) is 0 Å². The maximum Gasteiger partial charge on any atom is 0.0830 e. The highest BCUT2D eigenvalue weighted by Gasteiger charge is 2.19. The van der Waals surface area contributed by atoms with E-state index in [1.165, 1.54) is 23.3 Å². The summed E-state index contributed by atoms with van der Waals surface area (Å²) in [4.78, 5) is 3.33. The molecule has 5 nitrogen and oxygen atoms in total. The van der Waals surface area contributed by atoms with Gasteiger partial charge in [-0.05, 0) is 62.3 Å². The van der Waals surface area contributed by atoms with Crippen LogP contribution in [0.25, 0.3) is 0 Å². The molecular formula is C24H38N2O3S. The van der Waals surface area contributed by atoms with E-state index in [0.29, 0.717) is 6.67 Å². The molecule has 0 bridgehead atoms. The van der Waals surface area contributed by atoms with Gasteiger partial charge in [-0.1, -0.05) is 37.1 Å². The van der Waals surface area contributed by atoms with Crippen LogP contribution in [0.15, 0.2) is 53.1 Å². The first-order chi connectivity index (χ1) is 14.8. The van der Waals surface area contributed by atoms with Crippen molar-refractivity contribution >= 4 is 11.8 Å². The summed E-state index contributed by atoms with van der Waals surface area (Å²) in [5.74, 6) is 0. The van der Waals surface area contributed by atoms with Gasteiger partial charge in [0.1, 0.15) is 0 Å². The maximum absolute atomic E-state index is 9.49. The Bertz CT molecular complexity index is 634. The fraction of sp³-hybridized carbons (Fsp3) is 0.583. The predicted octanol–water partition coefficient (Wildman–Crippen LogP) is 3.57. The number of rotatable bonds is 16. The van der Waals surface area contributed by atoms with Gasteiger partial charge in [0.25, 0.3) is 0 Å². The van der Waals surface area contributed by atoms with Crippen molar-refractivity contribution in [2.24, 2.45) is 0 Å². The molecule has 1 aromatic rings. The van der Waals surface area contributed by atoms with Gasteiger partial charge in [-0.25, -0.2) is 0 Å². The summed E-state index contributed by atoms with van der Waals surface area (Å²) in [5, 5.41) is 22.4. The van der Waals surface area contributed by atoms with Gasteiger partial charge in [-0.3, -0.25) is 5.32 Å². The molecule has 3 N–H and O–H groups in total. The molecule has 0 radical (unpaired) electrons. The Hall–Kier alpha value is -1.31. The van der Waals surface area contributed by atoms with E-state index in [0.717, 1.165) is 51.1 Å². The standard InChI is InChI=1S/C24H38N2O3S/c1-30-24-13-11-21(12-14-24)8-7-17-29-16-5-3-2-4-15-25-20-26-22(18-27)9-6-10-23(26)19-28/h6,9-14,22,25,27-28H,2-5,7-8,15-20H2,1H3. The summed E-state index contributed by atoms with van der Waals surface area (Å²) in [6, 6.07) is 8.75. The van der Waals surface area contributed by atoms with Crippen molar-refractivity contribution in [3.63, 3.8) is 0 Å². The molecule has 6 heteroatoms. The van der Waals surface area contributed by atoms with Gasteiger partial charge in [-0.2, -0.15) is 0 Å². The Kier molecular flexibility index (Phi) is 12.9. The number of hydrogen-bond acceptors (Lipinski definition) is 6. The molecule has 1 aromatic carbocycles. The topological polar surface area (TPSA) is 65.0 Å². The van der Waals surface area contributed by atoms with Crippen LogP contribution >= 0.6 is 11.8 Å². The maximum atomic E-state index is 9.49. The Morgan fingerprint density at radius 1 is 1.03 bits per heavy atom. The Balaban J connectivity index is 1.41. The average Bonchev–Trinajstić information content (AvgIpc) is 2.80. The average molecular weight is 435 g/mol. The molecule has 2 rings (SSSR count). The van der Waals surface area contributed by atoms with E-state index >= 15 is 0 Å². The zero-order valence-electron chi connectivity index (χ0n) is 18.3. The molecule has 0 aliphatic carbocycles. The van der Waals surface area contributed by atoms with Crippen LogP contribution in [0.1, 0.15) is 37.7 Å². The van der Waals surface area contributed by atoms with Crippen LogP contribution in [0, 0.1) is 0 Å². The molecule has 0 aromatic heterocycles. The van der Waals surface area contributed by atoms with Crippen molar-refractivity contribution in [1.82, 2.24) is 10.2 Å². The molecule has 1 unspecified atom stereocenters. The van der Waals surface area contributed by atoms with E-state index in [2.05, 4.69) is 35.8 Å². The van der Waals surface area contributed by atoms with Crippen LogP contribution in [0.4, 0.5) is 0 Å². The fourth-order valence-electron chi connectivity index (χ4n) is 3.51. The lowest BCUT2D eigenvalue weighted by atomic mass is 10.1. The molecule has 1 aliphatic rings. The lowest BCUT2D eigenvalue weighted by molar-refractivity contribution is 0.127. The Morgan fingerprint density at radius 2 is 1.80 bits per heavy atom. The van der Waals surface area contributed by atoms with Crippen LogP contribution in [0.5, 0.6) is 0 Å². The minimum Gasteiger partial charge on any atom is -0.394 e. The number of nitrogens with one attached hydrogen (secondary N) is 1. The summed E-state index contributed by atoms with van der Waals surface area (Å²) in [5.41, 5.74) is 2.23. The van der Waals surface area contributed by atoms with Gasteiger partial charge in [-0.15, -0.1) is 11.8 Å². The molecule has 1 heterocycles. The molecule has 0 saturated carbocycles. The van der Waals surface area contributed by atoms with Gasteiger partial charge < -0.3 is 19.8 Å². The highest BCUT2D eigenvalue weighted by Crippen LogP contribution is 2.16. The second-order valence-corrected chi connectivity index (χ2v) is 8.44. The van der Waals surface area contributed by atoms with Crippen molar-refractivity contribution in [2.75, 3.05) is 45.9 Å². The summed E-state index contributed by atoms with van der Waals surface area (Å²) in [6.07, 6.45) is 14.6. The van der Waals surface area contributed by atoms with E-state index in [1.54, 1.807) is 11.8 Å². The highest BCUT2D eigenvalue weighted by atomic mass is 32.2. The zero-order valence-corrected chi connectivity index (χ0v) is 19.1. The first-order valence-corrected chi connectivity index (χ1v) is 12.3. The smallest absolute Gasteiger partial charge is 0.0830 e. The number of benzene rings is 1. The number of unbranched alkanes of at least 4 members (excludes halogenated alkanes) is 3. The van der Waals surface area contributed by atoms with E-state index in [9.17, 15) is 10.2 Å². The number of nitrogens with zero attached hydrogens (tertiary/aromatic N) is 1. The fourth-order valence-corrected chi connectivity index (χ4v) is 3.92. The van der Waals surface area contributed by atoms with Crippen LogP contribution in [0.2, 0.25) is 0 Å². The van der Waals surface area contributed by atoms with Crippen LogP contribution in [-0.4, -0.2) is 67.1 Å². The summed E-state index contributed by atoms with van der Waals surface area (Å²) < 4.78 is 5.77. The van der Waals surface area contributed by atoms with E-state index < -0.39 is 0 Å². The molecule has 0 amide bonds. The first kappa shape index (κ1) is 25.0. The summed E-state index contributed by atoms with van der Waals surface area (Å²) >= 11 is 1.78. The second-order valence-electron chi connectivity index (χ2n) is 7.56. The highest BCUT2D eigenvalue weighted by molar-refractivity contribution is 7.98. The summed E-state index contributed by atoms with van der Waals surface area (Å²) in [7, 11) is 0. The van der Waals surface area contributed by atoms with Gasteiger partial charge >= 0.3 is 0 Å². The third kappa shape index (κ3) is 9.23. The van der Waals surface area contributed by atoms with Crippen molar-refractivity contribution in [3.8, 4) is 0 Å². The lowest BCUT2D eigenvalue weighted by Gasteiger charge is -2.34. The number of thioether (sulfide) groups is 1. The molecule has 1 atom stereocenters. The zero-order chi connectivity index (χ0) is 21.4. The summed E-state index contributed by atoms with van der Waals surface area (Å²) in [6.45, 7) is 3.32. The van der Waals surface area contributed by atoms with Gasteiger partial charge in [0, 0.05) is 23.8 Å². The number of aryl methyl sites for hydroxylation is 1. The first-order valence-electron chi connectivity index (χ1n) is 11.1. The van der Waals surface area contributed by atoms with E-state index in [1.807, 2.05) is 23.1 Å². The SMILES string of the molecule is CSc1ccc(CCCOCCCCCCNCN2C(CO)=CC=CC2CO)cc1. The second kappa shape index (κ2) is 15.5. The predicted molar refractivity (Wildman–Crippen MR) is 126 cm³/mol. The molecule has 30 heavy (non-hydrogen) atoms. The minimum absolute atomic E-state index is 0.00713. The van der Waals surface area contributed by atoms with Crippen LogP contribution < -0.4 is 5.32 Å². The van der Waals surface area contributed by atoms with Crippen LogP contribution in [-0.2, 0) is 11.2 Å². The van der Waals surface area contributed by atoms with E-state index in [-0.39, 0.29) is 19.3 Å². The molecule has 168 valence electrons. The van der Waals surface area contributed by atoms with Crippen molar-refractivity contribution in [3.05, 3.63) is 53.8 Å². The number of aliphatic hydroxyl groups is 2. The van der Waals surface area contributed by atoms with Crippen molar-refractivity contribution < 1.29 is 14.9 Å². The Morgan fingerprint density at radius 3 is 2.53 bits per heavy atom. The molecule has 0 saturated heterocycles. The third-order valence-electron chi connectivity index (χ3n) is 5.33. The molecule has 0 fully saturated rings. The Labute approximate surface area is 186 Å². The number of aliphatic hydroxyl groups excluding tert-OH is 2. The van der Waals surface area contributed by atoms with Crippen molar-refractivity contribution in [2.45, 2.75) is 49.5 Å². The quantitative estimate of drug-likeness (QED) is 0.273. The van der Waals surface area contributed by atoms with Gasteiger partial charge in [0.2, 0.25) is 0 Å². The molecule has 0 spiro atoms. The largest absolute Gasteiger partial charge is 0.394 e. The molecular weight excluding hydrogens is 396 g/mol. The number of allylic oxidation sites excluding steroid dienone is 2.